The fraction of sp³-hybridized carbons (Fsp3) is 0.429. The number of nitrogens with two attached hydrogens (primary N) is 1. The van der Waals surface area contributed by atoms with Crippen LogP contribution in [0, 0.1) is 11.8 Å². The van der Waals surface area contributed by atoms with Gasteiger partial charge in [-0.15, -0.1) is 0 Å². The lowest BCUT2D eigenvalue weighted by Gasteiger charge is -2.43. The quantitative estimate of drug-likeness (QED) is 0.734. The molecule has 4 N–H and O–H groups in total. The van der Waals surface area contributed by atoms with Crippen molar-refractivity contribution in [2.75, 3.05) is 13.7 Å². The van der Waals surface area contributed by atoms with Crippen molar-refractivity contribution in [2.45, 2.75) is 31.2 Å². The number of hydrogen-bond acceptors (Lipinski definition) is 6. The Morgan fingerprint density at radius 1 is 1.21 bits per heavy atom. The summed E-state index contributed by atoms with van der Waals surface area (Å²) < 4.78 is 11.4. The number of benzene rings is 1. The maximum atomic E-state index is 12.2. The van der Waals surface area contributed by atoms with Crippen LogP contribution in [-0.4, -0.2) is 30.6 Å². The van der Waals surface area contributed by atoms with Gasteiger partial charge in [0.05, 0.1) is 13.3 Å². The van der Waals surface area contributed by atoms with Crippen molar-refractivity contribution in [2.24, 2.45) is 17.6 Å². The molecule has 1 aromatic carbocycles. The average Bonchev–Trinajstić information content (AvgIpc) is 2.74. The molecule has 4 atom stereocenters. The summed E-state index contributed by atoms with van der Waals surface area (Å²) in [6, 6.07) is 9.69. The predicted octanol–water partition coefficient (Wildman–Crippen LogP) is 2.34. The van der Waals surface area contributed by atoms with Crippen LogP contribution in [0.5, 0.6) is 17.2 Å². The Bertz CT molecular complexity index is 844. The van der Waals surface area contributed by atoms with E-state index in [9.17, 15) is 4.79 Å². The molecule has 0 spiro atoms. The molecule has 0 radical (unpaired) electrons. The Kier molecular flexibility index (Phi) is 5.45. The molecule has 7 heteroatoms. The number of carbonyl (C=O) groups excluding carboxylic acids is 1. The number of aromatic nitrogens is 1. The van der Waals surface area contributed by atoms with Crippen LogP contribution in [0.25, 0.3) is 0 Å². The Balaban J connectivity index is 1.52. The van der Waals surface area contributed by atoms with Gasteiger partial charge in [0.1, 0.15) is 5.75 Å². The number of para-hydroxylation sites is 2. The van der Waals surface area contributed by atoms with Gasteiger partial charge in [-0.25, -0.2) is 5.43 Å². The lowest BCUT2D eigenvalue weighted by molar-refractivity contribution is -0.133. The van der Waals surface area contributed by atoms with Crippen LogP contribution >= 0.6 is 0 Å². The highest BCUT2D eigenvalue weighted by atomic mass is 16.5. The van der Waals surface area contributed by atoms with Gasteiger partial charge in [0, 0.05) is 24.7 Å². The zero-order chi connectivity index (χ0) is 19.5. The first-order chi connectivity index (χ1) is 13.7. The average molecular weight is 382 g/mol. The van der Waals surface area contributed by atoms with E-state index >= 15 is 0 Å². The lowest BCUT2D eigenvalue weighted by atomic mass is 9.68. The summed E-state index contributed by atoms with van der Waals surface area (Å²) in [4.78, 5) is 16.6. The molecule has 1 aliphatic carbocycles. The second-order valence-electron chi connectivity index (χ2n) is 7.46. The molecule has 1 aromatic heterocycles. The van der Waals surface area contributed by atoms with E-state index in [2.05, 4.69) is 15.8 Å². The number of fused-ring (bicyclic) bond motifs is 1. The molecule has 7 nitrogen and oxygen atoms in total. The van der Waals surface area contributed by atoms with Gasteiger partial charge in [-0.1, -0.05) is 12.1 Å². The number of rotatable bonds is 5. The molecule has 2 aliphatic rings. The van der Waals surface area contributed by atoms with Gasteiger partial charge in [-0.3, -0.25) is 15.2 Å². The third-order valence-electron chi connectivity index (χ3n) is 5.89. The summed E-state index contributed by atoms with van der Waals surface area (Å²) in [7, 11) is 1.62. The molecule has 4 unspecified atom stereocenters. The summed E-state index contributed by atoms with van der Waals surface area (Å²) in [6.07, 6.45) is 6.32. The highest BCUT2D eigenvalue weighted by molar-refractivity contribution is 5.79. The fourth-order valence-electron chi connectivity index (χ4n) is 4.42. The Hall–Kier alpha value is -2.64. The summed E-state index contributed by atoms with van der Waals surface area (Å²) >= 11 is 0. The fourth-order valence-corrected chi connectivity index (χ4v) is 4.42. The highest BCUT2D eigenvalue weighted by Crippen LogP contribution is 2.42. The Labute approximate surface area is 164 Å². The van der Waals surface area contributed by atoms with Crippen LogP contribution in [0.3, 0.4) is 0 Å². The summed E-state index contributed by atoms with van der Waals surface area (Å²) in [5.74, 6) is 2.70. The van der Waals surface area contributed by atoms with Gasteiger partial charge in [0.15, 0.2) is 11.5 Å². The minimum atomic E-state index is 0.0343. The van der Waals surface area contributed by atoms with E-state index in [0.29, 0.717) is 29.7 Å². The first-order valence-electron chi connectivity index (χ1n) is 9.71. The number of amides is 1. The van der Waals surface area contributed by atoms with Crippen molar-refractivity contribution in [3.8, 4) is 17.2 Å². The monoisotopic (exact) mass is 382 g/mol. The summed E-state index contributed by atoms with van der Waals surface area (Å²) in [6.45, 7) is 0.503. The minimum absolute atomic E-state index is 0.0343. The molecule has 1 aliphatic heterocycles. The van der Waals surface area contributed by atoms with Crippen LogP contribution in [0.15, 0.2) is 42.7 Å². The van der Waals surface area contributed by atoms with Crippen molar-refractivity contribution in [1.29, 1.82) is 0 Å². The molecule has 2 heterocycles. The summed E-state index contributed by atoms with van der Waals surface area (Å²) in [5, 5.41) is 0. The third kappa shape index (κ3) is 3.68. The van der Waals surface area contributed by atoms with Crippen molar-refractivity contribution < 1.29 is 14.3 Å². The molecule has 1 amide bonds. The van der Waals surface area contributed by atoms with Gasteiger partial charge in [-0.2, -0.15) is 0 Å². The predicted molar refractivity (Wildman–Crippen MR) is 105 cm³/mol. The molecule has 148 valence electrons. The molecule has 2 fully saturated rings. The van der Waals surface area contributed by atoms with E-state index in [1.807, 2.05) is 36.5 Å². The first kappa shape index (κ1) is 18.7. The Morgan fingerprint density at radius 2 is 2.04 bits per heavy atom. The molecule has 2 aromatic rings. The number of ether oxygens (including phenoxy) is 2. The standard InChI is InChI=1S/C21H26N4O3/c1-27-19-4-2-3-5-20(19)28-15-8-14(11-23-12-15)13-6-7-16-17(9-13)18(10-22)24-25-21(16)26/h2-5,8,11-13,16-18,24H,6-7,9-10,22H2,1H3,(H,25,26). The van der Waals surface area contributed by atoms with E-state index < -0.39 is 0 Å². The number of methoxy groups -OCH3 is 1. The van der Waals surface area contributed by atoms with Gasteiger partial charge >= 0.3 is 0 Å². The topological polar surface area (TPSA) is 98.5 Å². The van der Waals surface area contributed by atoms with E-state index in [4.69, 9.17) is 15.2 Å². The second-order valence-corrected chi connectivity index (χ2v) is 7.46. The molecular formula is C21H26N4O3. The number of hydrazine groups is 1. The third-order valence-corrected chi connectivity index (χ3v) is 5.89. The minimum Gasteiger partial charge on any atom is -0.493 e. The van der Waals surface area contributed by atoms with Crippen molar-refractivity contribution >= 4 is 5.91 Å². The largest absolute Gasteiger partial charge is 0.493 e. The number of hydrogen-bond donors (Lipinski definition) is 3. The van der Waals surface area contributed by atoms with E-state index in [0.717, 1.165) is 24.8 Å². The van der Waals surface area contributed by atoms with E-state index in [1.165, 1.54) is 0 Å². The van der Waals surface area contributed by atoms with Crippen LogP contribution in [-0.2, 0) is 4.79 Å². The van der Waals surface area contributed by atoms with Crippen LogP contribution in [0.2, 0.25) is 0 Å². The molecule has 1 saturated carbocycles. The SMILES string of the molecule is COc1ccccc1Oc1cncc(C2CCC3C(=O)NNC(CN)C3C2)c1. The smallest absolute Gasteiger partial charge is 0.237 e. The van der Waals surface area contributed by atoms with E-state index in [-0.39, 0.29) is 23.8 Å². The molecule has 4 rings (SSSR count). The van der Waals surface area contributed by atoms with Crippen molar-refractivity contribution in [3.05, 3.63) is 48.3 Å². The highest BCUT2D eigenvalue weighted by Gasteiger charge is 2.42. The van der Waals surface area contributed by atoms with Crippen LogP contribution < -0.4 is 26.1 Å². The summed E-state index contributed by atoms with van der Waals surface area (Å²) in [5.41, 5.74) is 12.9. The molecule has 0 bridgehead atoms. The maximum Gasteiger partial charge on any atom is 0.237 e. The zero-order valence-electron chi connectivity index (χ0n) is 15.9. The zero-order valence-corrected chi connectivity index (χ0v) is 15.9. The number of pyridine rings is 1. The Morgan fingerprint density at radius 3 is 2.82 bits per heavy atom. The van der Waals surface area contributed by atoms with E-state index in [1.54, 1.807) is 13.3 Å². The van der Waals surface area contributed by atoms with Gasteiger partial charge in [0.25, 0.3) is 0 Å². The first-order valence-corrected chi connectivity index (χ1v) is 9.71. The van der Waals surface area contributed by atoms with Crippen molar-refractivity contribution in [3.63, 3.8) is 0 Å². The number of carbonyl (C=O) groups is 1. The molecule has 1 saturated heterocycles. The lowest BCUT2D eigenvalue weighted by Crippen LogP contribution is -2.62. The van der Waals surface area contributed by atoms with Gasteiger partial charge < -0.3 is 15.2 Å². The van der Waals surface area contributed by atoms with Crippen LogP contribution in [0.4, 0.5) is 0 Å². The maximum absolute atomic E-state index is 12.2. The van der Waals surface area contributed by atoms with Gasteiger partial charge in [0.2, 0.25) is 5.91 Å². The molecule has 28 heavy (non-hydrogen) atoms. The van der Waals surface area contributed by atoms with Crippen molar-refractivity contribution in [1.82, 2.24) is 15.8 Å². The van der Waals surface area contributed by atoms with Gasteiger partial charge in [-0.05, 0) is 54.9 Å². The normalized spacial score (nSPS) is 26.9. The molecular weight excluding hydrogens is 356 g/mol. The number of nitrogens with one attached hydrogen (secondary N) is 2. The second kappa shape index (κ2) is 8.16. The van der Waals surface area contributed by atoms with Crippen LogP contribution in [0.1, 0.15) is 30.7 Å². The number of nitrogens with zero attached hydrogens (tertiary/aromatic N) is 1.